The SMILES string of the molecule is CCOCC(C)NS(=O)(=O)c1cc(C)c(C)cc1N. The molecule has 0 heterocycles. The second kappa shape index (κ2) is 6.36. The van der Waals surface area contributed by atoms with E-state index in [1.165, 1.54) is 0 Å². The summed E-state index contributed by atoms with van der Waals surface area (Å²) in [5.41, 5.74) is 7.93. The van der Waals surface area contributed by atoms with E-state index in [2.05, 4.69) is 4.72 Å². The van der Waals surface area contributed by atoms with E-state index in [0.717, 1.165) is 11.1 Å². The minimum Gasteiger partial charge on any atom is -0.398 e. The van der Waals surface area contributed by atoms with Crippen molar-refractivity contribution in [3.8, 4) is 0 Å². The average Bonchev–Trinajstić information content (AvgIpc) is 2.30. The standard InChI is InChI=1S/C13H22N2O3S/c1-5-18-8-11(4)15-19(16,17)13-7-10(3)9(2)6-12(13)14/h6-7,11,15H,5,8,14H2,1-4H3. The summed E-state index contributed by atoms with van der Waals surface area (Å²) in [4.78, 5) is 0.124. The molecule has 0 saturated carbocycles. The maximum absolute atomic E-state index is 12.2. The molecule has 1 atom stereocenters. The molecular formula is C13H22N2O3S. The summed E-state index contributed by atoms with van der Waals surface area (Å²) in [6.45, 7) is 8.26. The molecule has 0 aliphatic carbocycles. The van der Waals surface area contributed by atoms with E-state index < -0.39 is 10.0 Å². The summed E-state index contributed by atoms with van der Waals surface area (Å²) in [6, 6.07) is 2.98. The molecule has 0 spiro atoms. The highest BCUT2D eigenvalue weighted by Crippen LogP contribution is 2.22. The Hall–Kier alpha value is -1.11. The molecular weight excluding hydrogens is 264 g/mol. The molecule has 19 heavy (non-hydrogen) atoms. The van der Waals surface area contributed by atoms with E-state index in [-0.39, 0.29) is 16.6 Å². The fourth-order valence-electron chi connectivity index (χ4n) is 1.70. The van der Waals surface area contributed by atoms with Gasteiger partial charge in [-0.25, -0.2) is 13.1 Å². The van der Waals surface area contributed by atoms with E-state index in [9.17, 15) is 8.42 Å². The molecule has 5 nitrogen and oxygen atoms in total. The van der Waals surface area contributed by atoms with Gasteiger partial charge in [0.1, 0.15) is 4.90 Å². The molecule has 0 amide bonds. The number of nitrogens with one attached hydrogen (secondary N) is 1. The van der Waals surface area contributed by atoms with Crippen molar-refractivity contribution in [3.05, 3.63) is 23.3 Å². The number of aryl methyl sites for hydroxylation is 2. The van der Waals surface area contributed by atoms with E-state index in [1.54, 1.807) is 19.1 Å². The molecule has 1 aromatic carbocycles. The lowest BCUT2D eigenvalue weighted by atomic mass is 10.1. The Morgan fingerprint density at radius 2 is 1.89 bits per heavy atom. The number of sulfonamides is 1. The molecule has 0 aliphatic heterocycles. The van der Waals surface area contributed by atoms with Gasteiger partial charge in [0.25, 0.3) is 0 Å². The largest absolute Gasteiger partial charge is 0.398 e. The Labute approximate surface area is 115 Å². The third-order valence-corrected chi connectivity index (χ3v) is 4.49. The van der Waals surface area contributed by atoms with Crippen LogP contribution in [0.5, 0.6) is 0 Å². The van der Waals surface area contributed by atoms with Crippen LogP contribution in [0.2, 0.25) is 0 Å². The van der Waals surface area contributed by atoms with Gasteiger partial charge in [-0.05, 0) is 51.0 Å². The molecule has 3 N–H and O–H groups in total. The molecule has 0 saturated heterocycles. The molecule has 0 fully saturated rings. The second-order valence-electron chi connectivity index (χ2n) is 4.66. The maximum atomic E-state index is 12.2. The molecule has 0 aliphatic rings. The third kappa shape index (κ3) is 4.19. The zero-order valence-electron chi connectivity index (χ0n) is 11.9. The van der Waals surface area contributed by atoms with Gasteiger partial charge in [0.15, 0.2) is 0 Å². The van der Waals surface area contributed by atoms with Crippen LogP contribution in [-0.4, -0.2) is 27.7 Å². The minimum absolute atomic E-state index is 0.124. The van der Waals surface area contributed by atoms with Crippen LogP contribution in [0.25, 0.3) is 0 Å². The van der Waals surface area contributed by atoms with Gasteiger partial charge in [-0.1, -0.05) is 0 Å². The predicted octanol–water partition coefficient (Wildman–Crippen LogP) is 1.59. The fourth-order valence-corrected chi connectivity index (χ4v) is 3.13. The Kier molecular flexibility index (Phi) is 5.34. The van der Waals surface area contributed by atoms with Crippen molar-refractivity contribution in [1.29, 1.82) is 0 Å². The van der Waals surface area contributed by atoms with Gasteiger partial charge in [0, 0.05) is 12.6 Å². The summed E-state index contributed by atoms with van der Waals surface area (Å²) in [5, 5.41) is 0. The highest BCUT2D eigenvalue weighted by Gasteiger charge is 2.20. The number of nitrogens with two attached hydrogens (primary N) is 1. The highest BCUT2D eigenvalue weighted by atomic mass is 32.2. The van der Waals surface area contributed by atoms with Crippen LogP contribution in [0, 0.1) is 13.8 Å². The lowest BCUT2D eigenvalue weighted by molar-refractivity contribution is 0.133. The second-order valence-corrected chi connectivity index (χ2v) is 6.34. The van der Waals surface area contributed by atoms with Crippen LogP contribution in [0.1, 0.15) is 25.0 Å². The monoisotopic (exact) mass is 286 g/mol. The summed E-state index contributed by atoms with van der Waals surface area (Å²) in [6.07, 6.45) is 0. The Bertz CT molecular complexity index is 541. The van der Waals surface area contributed by atoms with Gasteiger partial charge in [-0.3, -0.25) is 0 Å². The zero-order chi connectivity index (χ0) is 14.6. The first kappa shape index (κ1) is 15.9. The molecule has 1 rings (SSSR count). The maximum Gasteiger partial charge on any atom is 0.242 e. The van der Waals surface area contributed by atoms with Crippen molar-refractivity contribution in [2.45, 2.75) is 38.6 Å². The smallest absolute Gasteiger partial charge is 0.242 e. The Morgan fingerprint density at radius 1 is 1.32 bits per heavy atom. The molecule has 1 unspecified atom stereocenters. The van der Waals surface area contributed by atoms with Crippen LogP contribution in [0.4, 0.5) is 5.69 Å². The minimum atomic E-state index is -3.61. The lowest BCUT2D eigenvalue weighted by Gasteiger charge is -2.16. The molecule has 108 valence electrons. The van der Waals surface area contributed by atoms with Crippen LogP contribution in [0.3, 0.4) is 0 Å². The lowest BCUT2D eigenvalue weighted by Crippen LogP contribution is -2.36. The highest BCUT2D eigenvalue weighted by molar-refractivity contribution is 7.89. The number of benzene rings is 1. The van der Waals surface area contributed by atoms with Gasteiger partial charge < -0.3 is 10.5 Å². The Balaban J connectivity index is 2.98. The number of hydrogen-bond donors (Lipinski definition) is 2. The van der Waals surface area contributed by atoms with E-state index in [4.69, 9.17) is 10.5 Å². The molecule has 1 aromatic rings. The first-order chi connectivity index (χ1) is 8.77. The normalized spacial score (nSPS) is 13.5. The molecule has 0 radical (unpaired) electrons. The number of ether oxygens (including phenoxy) is 1. The van der Waals surface area contributed by atoms with Gasteiger partial charge >= 0.3 is 0 Å². The number of hydrogen-bond acceptors (Lipinski definition) is 4. The van der Waals surface area contributed by atoms with Crippen molar-refractivity contribution < 1.29 is 13.2 Å². The first-order valence-corrected chi connectivity index (χ1v) is 7.73. The predicted molar refractivity (Wildman–Crippen MR) is 76.6 cm³/mol. The van der Waals surface area contributed by atoms with E-state index >= 15 is 0 Å². The van der Waals surface area contributed by atoms with Crippen LogP contribution >= 0.6 is 0 Å². The van der Waals surface area contributed by atoms with Crippen LogP contribution in [-0.2, 0) is 14.8 Å². The van der Waals surface area contributed by atoms with Gasteiger partial charge in [-0.2, -0.15) is 0 Å². The van der Waals surface area contributed by atoms with Crippen molar-refractivity contribution in [2.75, 3.05) is 18.9 Å². The van der Waals surface area contributed by atoms with Crippen molar-refractivity contribution in [3.63, 3.8) is 0 Å². The molecule has 0 bridgehead atoms. The first-order valence-electron chi connectivity index (χ1n) is 6.24. The van der Waals surface area contributed by atoms with Gasteiger partial charge in [0.2, 0.25) is 10.0 Å². The number of nitrogen functional groups attached to an aromatic ring is 1. The van der Waals surface area contributed by atoms with Crippen LogP contribution < -0.4 is 10.5 Å². The zero-order valence-corrected chi connectivity index (χ0v) is 12.7. The summed E-state index contributed by atoms with van der Waals surface area (Å²) in [7, 11) is -3.61. The Morgan fingerprint density at radius 3 is 2.47 bits per heavy atom. The molecule has 0 aromatic heterocycles. The van der Waals surface area contributed by atoms with Crippen molar-refractivity contribution in [2.24, 2.45) is 0 Å². The fraction of sp³-hybridized carbons (Fsp3) is 0.538. The van der Waals surface area contributed by atoms with E-state index in [1.807, 2.05) is 20.8 Å². The number of anilines is 1. The van der Waals surface area contributed by atoms with Crippen molar-refractivity contribution >= 4 is 15.7 Å². The summed E-state index contributed by atoms with van der Waals surface area (Å²) in [5.74, 6) is 0. The number of rotatable bonds is 6. The van der Waals surface area contributed by atoms with Gasteiger partial charge in [-0.15, -0.1) is 0 Å². The van der Waals surface area contributed by atoms with E-state index in [0.29, 0.717) is 13.2 Å². The topological polar surface area (TPSA) is 81.4 Å². The quantitative estimate of drug-likeness (QED) is 0.778. The van der Waals surface area contributed by atoms with Crippen molar-refractivity contribution in [1.82, 2.24) is 4.72 Å². The van der Waals surface area contributed by atoms with Gasteiger partial charge in [0.05, 0.1) is 12.3 Å². The summed E-state index contributed by atoms with van der Waals surface area (Å²) < 4.78 is 32.2. The summed E-state index contributed by atoms with van der Waals surface area (Å²) >= 11 is 0. The molecule has 6 heteroatoms. The average molecular weight is 286 g/mol. The van der Waals surface area contributed by atoms with Crippen LogP contribution in [0.15, 0.2) is 17.0 Å². The third-order valence-electron chi connectivity index (χ3n) is 2.84.